The summed E-state index contributed by atoms with van der Waals surface area (Å²) in [7, 11) is 0. The number of hydrogen-bond acceptors (Lipinski definition) is 2. The zero-order chi connectivity index (χ0) is 18.2. The molecule has 0 aliphatic rings. The fourth-order valence-corrected chi connectivity index (χ4v) is 2.80. The van der Waals surface area contributed by atoms with Crippen LogP contribution in [0.3, 0.4) is 0 Å². The Hall–Kier alpha value is -3.07. The maximum absolute atomic E-state index is 10.6. The molecule has 0 aliphatic heterocycles. The van der Waals surface area contributed by atoms with E-state index in [2.05, 4.69) is 36.4 Å². The predicted molar refractivity (Wildman–Crippen MR) is 102 cm³/mol. The van der Waals surface area contributed by atoms with Crippen LogP contribution in [0.2, 0.25) is 0 Å². The first-order valence-electron chi connectivity index (χ1n) is 8.74. The smallest absolute Gasteiger partial charge is 0.303 e. The quantitative estimate of drug-likeness (QED) is 0.633. The van der Waals surface area contributed by atoms with Crippen LogP contribution in [0.4, 0.5) is 0 Å². The number of carbonyl (C=O) groups is 1. The lowest BCUT2D eigenvalue weighted by atomic mass is 10.0. The lowest BCUT2D eigenvalue weighted by Crippen LogP contribution is -1.98. The van der Waals surface area contributed by atoms with Crippen LogP contribution < -0.4 is 4.74 Å². The van der Waals surface area contributed by atoms with E-state index in [9.17, 15) is 4.79 Å². The highest BCUT2D eigenvalue weighted by Gasteiger charge is 2.02. The first kappa shape index (κ1) is 17.7. The molecule has 0 fully saturated rings. The van der Waals surface area contributed by atoms with E-state index < -0.39 is 5.97 Å². The summed E-state index contributed by atoms with van der Waals surface area (Å²) in [5, 5.41) is 8.75. The molecule has 132 valence electrons. The Morgan fingerprint density at radius 3 is 2.19 bits per heavy atom. The molecule has 0 aliphatic carbocycles. The fraction of sp³-hybridized carbons (Fsp3) is 0.174. The molecule has 3 heteroatoms. The number of ether oxygens (including phenoxy) is 1. The zero-order valence-electron chi connectivity index (χ0n) is 14.6. The monoisotopic (exact) mass is 346 g/mol. The van der Waals surface area contributed by atoms with Gasteiger partial charge >= 0.3 is 5.97 Å². The van der Waals surface area contributed by atoms with E-state index in [1.165, 1.54) is 11.1 Å². The fourth-order valence-electron chi connectivity index (χ4n) is 2.80. The van der Waals surface area contributed by atoms with E-state index >= 15 is 0 Å². The molecule has 3 aromatic rings. The van der Waals surface area contributed by atoms with E-state index in [1.54, 1.807) is 0 Å². The Labute approximate surface area is 153 Å². The van der Waals surface area contributed by atoms with Gasteiger partial charge in [0.05, 0.1) is 0 Å². The van der Waals surface area contributed by atoms with Crippen molar-refractivity contribution in [3.05, 3.63) is 101 Å². The standard InChI is InChI=1S/C23H22O3/c24-23(25)14-13-18-9-11-19(12-10-18)15-21-7-4-8-22(16-21)26-17-20-5-2-1-3-6-20/h1-12,16H,13-15,17H2,(H,24,25). The van der Waals surface area contributed by atoms with E-state index in [1.807, 2.05) is 42.5 Å². The minimum Gasteiger partial charge on any atom is -0.489 e. The summed E-state index contributed by atoms with van der Waals surface area (Å²) in [5.74, 6) is 0.103. The minimum atomic E-state index is -0.763. The van der Waals surface area contributed by atoms with Crippen molar-refractivity contribution in [1.82, 2.24) is 0 Å². The third kappa shape index (κ3) is 5.49. The van der Waals surface area contributed by atoms with Crippen molar-refractivity contribution in [3.8, 4) is 5.75 Å². The van der Waals surface area contributed by atoms with E-state index in [0.717, 1.165) is 23.3 Å². The molecule has 26 heavy (non-hydrogen) atoms. The Kier molecular flexibility index (Phi) is 6.05. The predicted octanol–water partition coefficient (Wildman–Crippen LogP) is 4.87. The van der Waals surface area contributed by atoms with Crippen molar-refractivity contribution in [2.45, 2.75) is 25.9 Å². The van der Waals surface area contributed by atoms with Crippen LogP contribution in [0.15, 0.2) is 78.9 Å². The summed E-state index contributed by atoms with van der Waals surface area (Å²) >= 11 is 0. The second kappa shape index (κ2) is 8.86. The van der Waals surface area contributed by atoms with Gasteiger partial charge in [-0.05, 0) is 47.2 Å². The van der Waals surface area contributed by atoms with Gasteiger partial charge in [0.2, 0.25) is 0 Å². The average Bonchev–Trinajstić information content (AvgIpc) is 2.67. The maximum Gasteiger partial charge on any atom is 0.303 e. The number of rotatable bonds is 8. The molecule has 0 atom stereocenters. The van der Waals surface area contributed by atoms with Crippen LogP contribution in [0.1, 0.15) is 28.7 Å². The Balaban J connectivity index is 1.58. The number of benzene rings is 3. The molecule has 0 heterocycles. The Morgan fingerprint density at radius 1 is 0.769 bits per heavy atom. The largest absolute Gasteiger partial charge is 0.489 e. The summed E-state index contributed by atoms with van der Waals surface area (Å²) in [6, 6.07) is 26.4. The summed E-state index contributed by atoms with van der Waals surface area (Å²) in [6.07, 6.45) is 1.56. The van der Waals surface area contributed by atoms with Gasteiger partial charge in [-0.3, -0.25) is 4.79 Å². The normalized spacial score (nSPS) is 10.5. The molecule has 1 N–H and O–H groups in total. The minimum absolute atomic E-state index is 0.167. The van der Waals surface area contributed by atoms with E-state index in [4.69, 9.17) is 9.84 Å². The summed E-state index contributed by atoms with van der Waals surface area (Å²) in [4.78, 5) is 10.6. The molecule has 0 spiro atoms. The molecule has 3 rings (SSSR count). The number of aryl methyl sites for hydroxylation is 1. The second-order valence-electron chi connectivity index (χ2n) is 6.31. The first-order valence-corrected chi connectivity index (χ1v) is 8.74. The third-order valence-corrected chi connectivity index (χ3v) is 4.21. The molecular weight excluding hydrogens is 324 g/mol. The van der Waals surface area contributed by atoms with E-state index in [-0.39, 0.29) is 6.42 Å². The summed E-state index contributed by atoms with van der Waals surface area (Å²) in [6.45, 7) is 0.558. The molecule has 3 aromatic carbocycles. The lowest BCUT2D eigenvalue weighted by molar-refractivity contribution is -0.136. The topological polar surface area (TPSA) is 46.5 Å². The molecule has 0 aromatic heterocycles. The number of aliphatic carboxylic acids is 1. The van der Waals surface area contributed by atoms with Gasteiger partial charge in [0, 0.05) is 6.42 Å². The van der Waals surface area contributed by atoms with Gasteiger partial charge in [-0.1, -0.05) is 66.7 Å². The van der Waals surface area contributed by atoms with Gasteiger partial charge in [-0.15, -0.1) is 0 Å². The van der Waals surface area contributed by atoms with Crippen LogP contribution in [-0.4, -0.2) is 11.1 Å². The average molecular weight is 346 g/mol. The van der Waals surface area contributed by atoms with Crippen molar-refractivity contribution in [3.63, 3.8) is 0 Å². The van der Waals surface area contributed by atoms with Gasteiger partial charge in [0.25, 0.3) is 0 Å². The van der Waals surface area contributed by atoms with Crippen molar-refractivity contribution in [1.29, 1.82) is 0 Å². The molecule has 0 bridgehead atoms. The van der Waals surface area contributed by atoms with Crippen LogP contribution in [-0.2, 0) is 24.2 Å². The summed E-state index contributed by atoms with van der Waals surface area (Å²) < 4.78 is 5.89. The Morgan fingerprint density at radius 2 is 1.46 bits per heavy atom. The van der Waals surface area contributed by atoms with Crippen LogP contribution in [0.25, 0.3) is 0 Å². The van der Waals surface area contributed by atoms with Gasteiger partial charge in [-0.25, -0.2) is 0 Å². The first-order chi connectivity index (χ1) is 12.7. The molecule has 0 amide bonds. The highest BCUT2D eigenvalue weighted by Crippen LogP contribution is 2.18. The SMILES string of the molecule is O=C(O)CCc1ccc(Cc2cccc(OCc3ccccc3)c2)cc1. The lowest BCUT2D eigenvalue weighted by Gasteiger charge is -2.09. The van der Waals surface area contributed by atoms with Crippen LogP contribution in [0.5, 0.6) is 5.75 Å². The molecule has 3 nitrogen and oxygen atoms in total. The number of hydrogen-bond donors (Lipinski definition) is 1. The van der Waals surface area contributed by atoms with Crippen LogP contribution in [0, 0.1) is 0 Å². The molecule has 0 saturated heterocycles. The maximum atomic E-state index is 10.6. The van der Waals surface area contributed by atoms with Crippen LogP contribution >= 0.6 is 0 Å². The van der Waals surface area contributed by atoms with Crippen molar-refractivity contribution in [2.75, 3.05) is 0 Å². The van der Waals surface area contributed by atoms with Crippen molar-refractivity contribution < 1.29 is 14.6 Å². The molecule has 0 saturated carbocycles. The zero-order valence-corrected chi connectivity index (χ0v) is 14.6. The number of carboxylic acid groups (broad SMARTS) is 1. The molecular formula is C23H22O3. The van der Waals surface area contributed by atoms with Gasteiger partial charge in [0.1, 0.15) is 12.4 Å². The highest BCUT2D eigenvalue weighted by atomic mass is 16.5. The Bertz CT molecular complexity index is 839. The molecule has 0 unspecified atom stereocenters. The highest BCUT2D eigenvalue weighted by molar-refractivity contribution is 5.67. The van der Waals surface area contributed by atoms with Gasteiger partial charge < -0.3 is 9.84 Å². The van der Waals surface area contributed by atoms with Crippen molar-refractivity contribution in [2.24, 2.45) is 0 Å². The van der Waals surface area contributed by atoms with Gasteiger partial charge in [-0.2, -0.15) is 0 Å². The summed E-state index contributed by atoms with van der Waals surface area (Å²) in [5.41, 5.74) is 4.59. The van der Waals surface area contributed by atoms with Gasteiger partial charge in [0.15, 0.2) is 0 Å². The molecule has 0 radical (unpaired) electrons. The van der Waals surface area contributed by atoms with E-state index in [0.29, 0.717) is 13.0 Å². The third-order valence-electron chi connectivity index (χ3n) is 4.21. The van der Waals surface area contributed by atoms with Crippen molar-refractivity contribution >= 4 is 5.97 Å². The second-order valence-corrected chi connectivity index (χ2v) is 6.31. The number of carboxylic acids is 1.